The molecule has 0 saturated heterocycles. The van der Waals surface area contributed by atoms with E-state index in [1.165, 1.54) is 15.9 Å². The number of benzene rings is 3. The molecule has 0 heterocycles. The maximum Gasteiger partial charge on any atom is 0.171 e. The van der Waals surface area contributed by atoms with Gasteiger partial charge in [0.1, 0.15) is 23.2 Å². The third kappa shape index (κ3) is 4.54. The lowest BCUT2D eigenvalue weighted by Gasteiger charge is -2.27. The fraction of sp³-hybridized carbons (Fsp3) is 0.217. The molecular weight excluding hydrogens is 359 g/mol. The van der Waals surface area contributed by atoms with Crippen molar-refractivity contribution in [2.24, 2.45) is 0 Å². The molecule has 0 bridgehead atoms. The first-order valence-corrected chi connectivity index (χ1v) is 11.0. The molecule has 0 spiro atoms. The Morgan fingerprint density at radius 3 is 1.38 bits per heavy atom. The Kier molecular flexibility index (Phi) is 8.32. The largest absolute Gasteiger partial charge is 1.00 e. The fourth-order valence-electron chi connectivity index (χ4n) is 3.17. The molecule has 0 aromatic heterocycles. The second-order valence-corrected chi connectivity index (χ2v) is 9.63. The maximum atomic E-state index is 6.25. The fourth-order valence-corrected chi connectivity index (χ4v) is 6.95. The summed E-state index contributed by atoms with van der Waals surface area (Å²) >= 11 is 0. The molecule has 3 aromatic rings. The average Bonchev–Trinajstić information content (AvgIpc) is 2.70. The third-order valence-corrected chi connectivity index (χ3v) is 8.63. The van der Waals surface area contributed by atoms with E-state index in [0.717, 1.165) is 25.8 Å². The summed E-state index contributed by atoms with van der Waals surface area (Å²) in [5, 5.41) is 4.14. The van der Waals surface area contributed by atoms with Gasteiger partial charge >= 0.3 is 0 Å². The Morgan fingerprint density at radius 2 is 1.04 bits per heavy atom. The zero-order chi connectivity index (χ0) is 17.4. The molecule has 1 nitrogen and oxygen atoms in total. The number of hydrogen-bond acceptors (Lipinski definition) is 1. The van der Waals surface area contributed by atoms with Crippen LogP contribution in [-0.2, 0) is 4.74 Å². The molecule has 3 aromatic carbocycles. The maximum absolute atomic E-state index is 6.25. The highest BCUT2D eigenvalue weighted by Gasteiger charge is 2.45. The van der Waals surface area contributed by atoms with Crippen LogP contribution in [0, 0.1) is 0 Å². The molecule has 0 saturated carbocycles. The molecule has 0 radical (unpaired) electrons. The van der Waals surface area contributed by atoms with Gasteiger partial charge in [-0.1, -0.05) is 67.9 Å². The van der Waals surface area contributed by atoms with Crippen molar-refractivity contribution in [2.45, 2.75) is 19.8 Å². The Hall–Kier alpha value is -1.66. The number of hydrogen-bond donors (Lipinski definition) is 0. The molecule has 0 amide bonds. The first-order valence-electron chi connectivity index (χ1n) is 9.00. The summed E-state index contributed by atoms with van der Waals surface area (Å²) in [7, 11) is -1.82. The molecular formula is C23H26ClOP. The van der Waals surface area contributed by atoms with Crippen molar-refractivity contribution in [1.82, 2.24) is 0 Å². The summed E-state index contributed by atoms with van der Waals surface area (Å²) in [6.45, 7) is 3.03. The van der Waals surface area contributed by atoms with Crippen molar-refractivity contribution in [3.8, 4) is 0 Å². The van der Waals surface area contributed by atoms with Gasteiger partial charge in [0.2, 0.25) is 0 Å². The van der Waals surface area contributed by atoms with Gasteiger partial charge in [0.05, 0.1) is 6.61 Å². The van der Waals surface area contributed by atoms with Crippen LogP contribution in [-0.4, -0.2) is 13.0 Å². The van der Waals surface area contributed by atoms with Crippen LogP contribution in [0.3, 0.4) is 0 Å². The Labute approximate surface area is 164 Å². The normalized spacial score (nSPS) is 11.0. The summed E-state index contributed by atoms with van der Waals surface area (Å²) in [4.78, 5) is 0. The van der Waals surface area contributed by atoms with Crippen LogP contribution in [0.25, 0.3) is 0 Å². The molecule has 0 aliphatic carbocycles. The molecule has 0 atom stereocenters. The molecule has 26 heavy (non-hydrogen) atoms. The number of halogens is 1. The highest BCUT2D eigenvalue weighted by atomic mass is 35.5. The first kappa shape index (κ1) is 20.6. The molecule has 0 N–H and O–H groups in total. The summed E-state index contributed by atoms with van der Waals surface area (Å²) in [5.41, 5.74) is 0. The quantitative estimate of drug-likeness (QED) is 0.425. The van der Waals surface area contributed by atoms with Crippen molar-refractivity contribution in [1.29, 1.82) is 0 Å². The second kappa shape index (κ2) is 10.5. The van der Waals surface area contributed by atoms with Crippen LogP contribution in [0.2, 0.25) is 0 Å². The van der Waals surface area contributed by atoms with E-state index in [1.54, 1.807) is 0 Å². The van der Waals surface area contributed by atoms with Crippen molar-refractivity contribution in [3.63, 3.8) is 0 Å². The van der Waals surface area contributed by atoms with Gasteiger partial charge < -0.3 is 17.1 Å². The van der Waals surface area contributed by atoms with Crippen LogP contribution in [0.1, 0.15) is 19.8 Å². The summed E-state index contributed by atoms with van der Waals surface area (Å²) in [6.07, 6.45) is 3.02. The van der Waals surface area contributed by atoms with Crippen molar-refractivity contribution < 1.29 is 17.1 Å². The zero-order valence-electron chi connectivity index (χ0n) is 15.2. The molecule has 0 fully saturated rings. The standard InChI is InChI=1S/C23H26OP.ClH/c1-2-3-19-24-20-25(21-13-7-4-8-14-21,22-15-9-5-10-16-22)23-17-11-6-12-18-23;/h4-18H,2-3,19-20H2,1H3;1H/q+1;/p-1. The lowest BCUT2D eigenvalue weighted by Crippen LogP contribution is -3.00. The molecule has 3 rings (SSSR count). The lowest BCUT2D eigenvalue weighted by atomic mass is 10.4. The second-order valence-electron chi connectivity index (χ2n) is 6.21. The Balaban J connectivity index is 0.00000243. The van der Waals surface area contributed by atoms with Crippen LogP contribution in [0.5, 0.6) is 0 Å². The minimum Gasteiger partial charge on any atom is -1.00 e. The van der Waals surface area contributed by atoms with E-state index in [0.29, 0.717) is 0 Å². The van der Waals surface area contributed by atoms with Crippen LogP contribution < -0.4 is 28.3 Å². The highest BCUT2D eigenvalue weighted by Crippen LogP contribution is 2.55. The average molecular weight is 385 g/mol. The van der Waals surface area contributed by atoms with E-state index in [2.05, 4.69) is 97.9 Å². The van der Waals surface area contributed by atoms with Crippen molar-refractivity contribution in [2.75, 3.05) is 13.0 Å². The predicted molar refractivity (Wildman–Crippen MR) is 111 cm³/mol. The Morgan fingerprint density at radius 1 is 0.654 bits per heavy atom. The van der Waals surface area contributed by atoms with Crippen LogP contribution in [0.4, 0.5) is 0 Å². The van der Waals surface area contributed by atoms with Gasteiger partial charge in [0, 0.05) is 0 Å². The zero-order valence-corrected chi connectivity index (χ0v) is 16.9. The van der Waals surface area contributed by atoms with E-state index in [4.69, 9.17) is 4.74 Å². The summed E-state index contributed by atoms with van der Waals surface area (Å²) < 4.78 is 6.25. The minimum absolute atomic E-state index is 0. The smallest absolute Gasteiger partial charge is 0.171 e. The van der Waals surface area contributed by atoms with E-state index < -0.39 is 7.26 Å². The van der Waals surface area contributed by atoms with Crippen molar-refractivity contribution in [3.05, 3.63) is 91.0 Å². The molecule has 0 aliphatic rings. The van der Waals surface area contributed by atoms with Gasteiger partial charge in [-0.2, -0.15) is 0 Å². The van der Waals surface area contributed by atoms with Gasteiger partial charge in [-0.25, -0.2) is 0 Å². The molecule has 0 unspecified atom stereocenters. The number of ether oxygens (including phenoxy) is 1. The van der Waals surface area contributed by atoms with E-state index in [9.17, 15) is 0 Å². The monoisotopic (exact) mass is 384 g/mol. The molecule has 0 aliphatic heterocycles. The van der Waals surface area contributed by atoms with Crippen LogP contribution in [0.15, 0.2) is 91.0 Å². The van der Waals surface area contributed by atoms with Gasteiger partial charge in [0.25, 0.3) is 0 Å². The first-order chi connectivity index (χ1) is 12.4. The number of rotatable bonds is 8. The van der Waals surface area contributed by atoms with Gasteiger partial charge in [0.15, 0.2) is 6.35 Å². The topological polar surface area (TPSA) is 9.23 Å². The third-order valence-electron chi connectivity index (χ3n) is 4.52. The van der Waals surface area contributed by atoms with Gasteiger partial charge in [-0.15, -0.1) is 0 Å². The van der Waals surface area contributed by atoms with Crippen LogP contribution >= 0.6 is 7.26 Å². The van der Waals surface area contributed by atoms with E-state index in [-0.39, 0.29) is 12.4 Å². The summed E-state index contributed by atoms with van der Waals surface area (Å²) in [5.74, 6) is 0. The van der Waals surface area contributed by atoms with Crippen molar-refractivity contribution >= 4 is 23.2 Å². The number of unbranched alkanes of at least 4 members (excludes halogenated alkanes) is 1. The van der Waals surface area contributed by atoms with Gasteiger partial charge in [-0.05, 0) is 42.8 Å². The predicted octanol–water partition coefficient (Wildman–Crippen LogP) is 1.76. The molecule has 136 valence electrons. The minimum atomic E-state index is -1.82. The highest BCUT2D eigenvalue weighted by molar-refractivity contribution is 7.95. The summed E-state index contributed by atoms with van der Waals surface area (Å²) in [6, 6.07) is 32.7. The SMILES string of the molecule is CCCCOC[P+](c1ccccc1)(c1ccccc1)c1ccccc1.[Cl-]. The van der Waals surface area contributed by atoms with E-state index >= 15 is 0 Å². The van der Waals surface area contributed by atoms with Gasteiger partial charge in [-0.3, -0.25) is 0 Å². The Bertz CT molecular complexity index is 650. The molecule has 3 heteroatoms. The lowest BCUT2D eigenvalue weighted by molar-refractivity contribution is -0.00000540. The van der Waals surface area contributed by atoms with E-state index in [1.807, 2.05) is 0 Å².